The number of likely N-dealkylation sites (tertiary alicyclic amines) is 1. The Bertz CT molecular complexity index is 1070. The first kappa shape index (κ1) is 23.1. The Balaban J connectivity index is 1.31. The lowest BCUT2D eigenvalue weighted by Gasteiger charge is -2.32. The topological polar surface area (TPSA) is 87.7 Å². The van der Waals surface area contributed by atoms with Gasteiger partial charge in [-0.2, -0.15) is 0 Å². The molecule has 0 radical (unpaired) electrons. The third kappa shape index (κ3) is 5.64. The Hall–Kier alpha value is -2.07. The van der Waals surface area contributed by atoms with Crippen LogP contribution in [-0.4, -0.2) is 51.7 Å². The molecule has 0 atom stereocenters. The first-order valence-corrected chi connectivity index (χ1v) is 13.3. The summed E-state index contributed by atoms with van der Waals surface area (Å²) in [6.07, 6.45) is 2.30. The lowest BCUT2D eigenvalue weighted by molar-refractivity contribution is -0.115. The number of sulfonamides is 1. The number of benzene rings is 2. The van der Waals surface area contributed by atoms with Gasteiger partial charge in [0.25, 0.3) is 0 Å². The van der Waals surface area contributed by atoms with Gasteiger partial charge in [-0.05, 0) is 56.1 Å². The Kier molecular flexibility index (Phi) is 7.40. The van der Waals surface area contributed by atoms with E-state index in [1.165, 1.54) is 5.56 Å². The van der Waals surface area contributed by atoms with Crippen LogP contribution in [0.5, 0.6) is 5.75 Å². The van der Waals surface area contributed by atoms with Crippen molar-refractivity contribution in [2.24, 2.45) is 5.92 Å². The van der Waals surface area contributed by atoms with Crippen molar-refractivity contribution in [3.05, 3.63) is 48.0 Å². The second-order valence-corrected chi connectivity index (χ2v) is 11.1. The molecule has 0 spiro atoms. The maximum atomic E-state index is 12.8. The number of para-hydroxylation sites is 1. The molecule has 2 N–H and O–H groups in total. The summed E-state index contributed by atoms with van der Waals surface area (Å²) in [4.78, 5) is 15.3. The van der Waals surface area contributed by atoms with Crippen LogP contribution >= 0.6 is 11.8 Å². The number of nitrogens with zero attached hydrogens (tertiary/aromatic N) is 1. The SMILES string of the molecule is COc1ccccc1CN1CCC(CNS(=O)(=O)c2ccc3c(c2)NC(=O)CCS3)CC1. The second-order valence-electron chi connectivity index (χ2n) is 8.19. The monoisotopic (exact) mass is 475 g/mol. The minimum absolute atomic E-state index is 0.0846. The van der Waals surface area contributed by atoms with Gasteiger partial charge in [0.15, 0.2) is 0 Å². The summed E-state index contributed by atoms with van der Waals surface area (Å²) in [5.41, 5.74) is 1.74. The average molecular weight is 476 g/mol. The van der Waals surface area contributed by atoms with Gasteiger partial charge in [0.2, 0.25) is 15.9 Å². The Morgan fingerprint density at radius 2 is 1.97 bits per heavy atom. The molecule has 2 aliphatic rings. The highest BCUT2D eigenvalue weighted by atomic mass is 32.2. The van der Waals surface area contributed by atoms with E-state index in [4.69, 9.17) is 4.74 Å². The number of piperidine rings is 1. The van der Waals surface area contributed by atoms with E-state index in [9.17, 15) is 13.2 Å². The van der Waals surface area contributed by atoms with E-state index < -0.39 is 10.0 Å². The number of fused-ring (bicyclic) bond motifs is 1. The number of nitrogens with one attached hydrogen (secondary N) is 2. The third-order valence-electron chi connectivity index (χ3n) is 5.98. The summed E-state index contributed by atoms with van der Waals surface area (Å²) in [7, 11) is -1.95. The minimum atomic E-state index is -3.63. The smallest absolute Gasteiger partial charge is 0.240 e. The fourth-order valence-electron chi connectivity index (χ4n) is 4.10. The highest BCUT2D eigenvalue weighted by Gasteiger charge is 2.24. The van der Waals surface area contributed by atoms with Gasteiger partial charge in [-0.1, -0.05) is 18.2 Å². The zero-order valence-corrected chi connectivity index (χ0v) is 19.8. The van der Waals surface area contributed by atoms with Gasteiger partial charge in [0.1, 0.15) is 5.75 Å². The van der Waals surface area contributed by atoms with Crippen molar-refractivity contribution >= 4 is 33.4 Å². The molecule has 2 heterocycles. The van der Waals surface area contributed by atoms with Crippen LogP contribution in [-0.2, 0) is 21.4 Å². The largest absolute Gasteiger partial charge is 0.496 e. The van der Waals surface area contributed by atoms with Gasteiger partial charge in [0, 0.05) is 35.7 Å². The van der Waals surface area contributed by atoms with Crippen LogP contribution in [0.1, 0.15) is 24.8 Å². The molecule has 0 unspecified atom stereocenters. The molecule has 172 valence electrons. The number of hydrogen-bond donors (Lipinski definition) is 2. The zero-order valence-electron chi connectivity index (χ0n) is 18.2. The van der Waals surface area contributed by atoms with Crippen molar-refractivity contribution in [1.29, 1.82) is 0 Å². The molecule has 1 fully saturated rings. The van der Waals surface area contributed by atoms with Crippen LogP contribution in [0.15, 0.2) is 52.3 Å². The number of amides is 1. The lowest BCUT2D eigenvalue weighted by atomic mass is 9.97. The predicted molar refractivity (Wildman–Crippen MR) is 127 cm³/mol. The fourth-order valence-corrected chi connectivity index (χ4v) is 6.18. The molecule has 2 aromatic carbocycles. The number of carbonyl (C=O) groups is 1. The molecule has 4 rings (SSSR count). The van der Waals surface area contributed by atoms with Crippen LogP contribution in [0.3, 0.4) is 0 Å². The average Bonchev–Trinajstić information content (AvgIpc) is 2.99. The van der Waals surface area contributed by atoms with Crippen LogP contribution in [0.4, 0.5) is 5.69 Å². The number of carbonyl (C=O) groups excluding carboxylic acids is 1. The molecule has 1 amide bonds. The normalized spacial score (nSPS) is 18.0. The minimum Gasteiger partial charge on any atom is -0.496 e. The molecule has 1 saturated heterocycles. The summed E-state index contributed by atoms with van der Waals surface area (Å²) in [6.45, 7) is 3.10. The lowest BCUT2D eigenvalue weighted by Crippen LogP contribution is -2.38. The van der Waals surface area contributed by atoms with Gasteiger partial charge < -0.3 is 10.1 Å². The Morgan fingerprint density at radius 3 is 2.75 bits per heavy atom. The molecule has 0 aromatic heterocycles. The molecule has 2 aromatic rings. The summed E-state index contributed by atoms with van der Waals surface area (Å²) >= 11 is 1.56. The van der Waals surface area contributed by atoms with Crippen LogP contribution in [0.25, 0.3) is 0 Å². The molecule has 7 nitrogen and oxygen atoms in total. The van der Waals surface area contributed by atoms with Gasteiger partial charge in [-0.25, -0.2) is 13.1 Å². The number of anilines is 1. The summed E-state index contributed by atoms with van der Waals surface area (Å²) in [6, 6.07) is 13.0. The summed E-state index contributed by atoms with van der Waals surface area (Å²) in [5.74, 6) is 1.81. The quantitative estimate of drug-likeness (QED) is 0.639. The van der Waals surface area contributed by atoms with Gasteiger partial charge in [0.05, 0.1) is 17.7 Å². The van der Waals surface area contributed by atoms with E-state index >= 15 is 0 Å². The number of rotatable bonds is 7. The Labute approximate surface area is 194 Å². The molecule has 0 saturated carbocycles. The van der Waals surface area contributed by atoms with Crippen LogP contribution < -0.4 is 14.8 Å². The first-order valence-electron chi connectivity index (χ1n) is 10.9. The van der Waals surface area contributed by atoms with E-state index in [2.05, 4.69) is 21.0 Å². The first-order chi connectivity index (χ1) is 15.4. The van der Waals surface area contributed by atoms with Crippen molar-refractivity contribution in [3.63, 3.8) is 0 Å². The number of thioether (sulfide) groups is 1. The second kappa shape index (κ2) is 10.2. The highest BCUT2D eigenvalue weighted by molar-refractivity contribution is 7.99. The van der Waals surface area contributed by atoms with E-state index in [1.807, 2.05) is 18.2 Å². The molecule has 0 aliphatic carbocycles. The van der Waals surface area contributed by atoms with E-state index in [1.54, 1.807) is 37.1 Å². The molecule has 32 heavy (non-hydrogen) atoms. The number of ether oxygens (including phenoxy) is 1. The highest BCUT2D eigenvalue weighted by Crippen LogP contribution is 2.32. The van der Waals surface area contributed by atoms with Crippen LogP contribution in [0.2, 0.25) is 0 Å². The standard InChI is InChI=1S/C23H29N3O4S2/c1-30-21-5-3-2-4-18(21)16-26-11-8-17(9-12-26)15-24-32(28,29)19-6-7-22-20(14-19)25-23(27)10-13-31-22/h2-7,14,17,24H,8-13,15-16H2,1H3,(H,25,27). The third-order valence-corrected chi connectivity index (χ3v) is 8.47. The van der Waals surface area contributed by atoms with Crippen molar-refractivity contribution in [2.45, 2.75) is 35.6 Å². The summed E-state index contributed by atoms with van der Waals surface area (Å²) < 4.78 is 33.9. The van der Waals surface area contributed by atoms with E-state index in [-0.39, 0.29) is 10.8 Å². The zero-order chi connectivity index (χ0) is 22.6. The van der Waals surface area contributed by atoms with Gasteiger partial charge >= 0.3 is 0 Å². The van der Waals surface area contributed by atoms with Gasteiger partial charge in [-0.15, -0.1) is 11.8 Å². The van der Waals surface area contributed by atoms with Crippen molar-refractivity contribution in [2.75, 3.05) is 37.8 Å². The van der Waals surface area contributed by atoms with Gasteiger partial charge in [-0.3, -0.25) is 9.69 Å². The number of methoxy groups -OCH3 is 1. The van der Waals surface area contributed by atoms with Crippen molar-refractivity contribution in [1.82, 2.24) is 9.62 Å². The Morgan fingerprint density at radius 1 is 1.19 bits per heavy atom. The van der Waals surface area contributed by atoms with Crippen molar-refractivity contribution in [3.8, 4) is 5.75 Å². The molecular formula is C23H29N3O4S2. The maximum Gasteiger partial charge on any atom is 0.240 e. The molecule has 0 bridgehead atoms. The summed E-state index contributed by atoms with van der Waals surface area (Å²) in [5, 5.41) is 2.81. The maximum absolute atomic E-state index is 12.8. The van der Waals surface area contributed by atoms with E-state index in [0.717, 1.165) is 43.1 Å². The van der Waals surface area contributed by atoms with E-state index in [0.29, 0.717) is 30.3 Å². The fraction of sp³-hybridized carbons (Fsp3) is 0.435. The number of hydrogen-bond acceptors (Lipinski definition) is 6. The molecule has 9 heteroatoms. The predicted octanol–water partition coefficient (Wildman–Crippen LogP) is 3.32. The molecule has 2 aliphatic heterocycles. The van der Waals surface area contributed by atoms with Crippen LogP contribution in [0, 0.1) is 5.92 Å². The van der Waals surface area contributed by atoms with Crippen molar-refractivity contribution < 1.29 is 17.9 Å². The molecular weight excluding hydrogens is 446 g/mol.